The van der Waals surface area contributed by atoms with E-state index in [1.807, 2.05) is 55.5 Å². The first-order chi connectivity index (χ1) is 18.0. The summed E-state index contributed by atoms with van der Waals surface area (Å²) in [5.41, 5.74) is 2.72. The van der Waals surface area contributed by atoms with Crippen molar-refractivity contribution in [2.45, 2.75) is 88.2 Å². The largest absolute Gasteiger partial charge is 0.487 e. The average Bonchev–Trinajstić information content (AvgIpc) is 3.27. The van der Waals surface area contributed by atoms with Gasteiger partial charge in [-0.15, -0.1) is 0 Å². The molecule has 0 aromatic heterocycles. The van der Waals surface area contributed by atoms with Gasteiger partial charge in [0.05, 0.1) is 25.2 Å². The zero-order valence-electron chi connectivity index (χ0n) is 21.3. The highest BCUT2D eigenvalue weighted by Gasteiger charge is 2.46. The van der Waals surface area contributed by atoms with Gasteiger partial charge < -0.3 is 30.5 Å². The fraction of sp³-hybridized carbons (Fsp3) is 0.517. The number of ether oxygens (including phenoxy) is 2. The van der Waals surface area contributed by atoms with Gasteiger partial charge in [0, 0.05) is 23.2 Å². The molecule has 2 aromatic rings. The third kappa shape index (κ3) is 6.08. The van der Waals surface area contributed by atoms with E-state index >= 15 is 0 Å². The monoisotopic (exact) mass is 507 g/mol. The summed E-state index contributed by atoms with van der Waals surface area (Å²) < 4.78 is 12.3. The summed E-state index contributed by atoms with van der Waals surface area (Å²) in [5.74, 6) is 0.608. The molecule has 37 heavy (non-hydrogen) atoms. The van der Waals surface area contributed by atoms with Crippen LogP contribution >= 0.6 is 0 Å². The molecule has 8 heteroatoms. The Hall–Kier alpha value is -3.10. The molecular formula is C29H37N3O5. The standard InChI is InChI=1S/C29H37N3O5/c1-18(19-8-4-2-5-9-19)30-27(34)16-22-15-24-23-14-21(32-29(35)31-20-10-6-3-7-11-20)12-13-25(23)37-28(24)26(17-33)36-22/h2,4-5,8-9,12-14,18,20,22,24,26,28,33H,3,6-7,10-11,15-17H2,1H3,(H,30,34)(H2,31,32,35)/t18-,22-,24-,26+,28+/m0/s1. The SMILES string of the molecule is C[C@H](NC(=O)C[C@@H]1C[C@H]2c3cc(NC(=O)NC4CCCCC4)ccc3O[C@H]2[C@@H](CO)O1)c1ccccc1. The average molecular weight is 508 g/mol. The van der Waals surface area contributed by atoms with E-state index in [0.29, 0.717) is 12.1 Å². The number of rotatable bonds is 7. The first-order valence-corrected chi connectivity index (χ1v) is 13.5. The fourth-order valence-electron chi connectivity index (χ4n) is 5.90. The van der Waals surface area contributed by atoms with E-state index in [0.717, 1.165) is 42.6 Å². The number of nitrogens with one attached hydrogen (secondary N) is 3. The van der Waals surface area contributed by atoms with Crippen molar-refractivity contribution in [3.05, 3.63) is 59.7 Å². The maximum atomic E-state index is 12.8. The first kappa shape index (κ1) is 25.5. The number of anilines is 1. The van der Waals surface area contributed by atoms with Crippen molar-refractivity contribution in [3.8, 4) is 5.75 Å². The van der Waals surface area contributed by atoms with E-state index in [1.54, 1.807) is 0 Å². The number of carbonyl (C=O) groups is 2. The Balaban J connectivity index is 1.22. The van der Waals surface area contributed by atoms with Crippen LogP contribution in [0.4, 0.5) is 10.5 Å². The number of benzene rings is 2. The lowest BCUT2D eigenvalue weighted by Crippen LogP contribution is -2.47. The van der Waals surface area contributed by atoms with Crippen molar-refractivity contribution in [1.82, 2.24) is 10.6 Å². The number of aliphatic hydroxyl groups is 1. The molecule has 8 nitrogen and oxygen atoms in total. The van der Waals surface area contributed by atoms with Crippen molar-refractivity contribution < 1.29 is 24.2 Å². The van der Waals surface area contributed by atoms with E-state index in [4.69, 9.17) is 9.47 Å². The van der Waals surface area contributed by atoms with Crippen molar-refractivity contribution in [1.29, 1.82) is 0 Å². The normalized spacial score (nSPS) is 25.8. The maximum absolute atomic E-state index is 12.8. The number of fused-ring (bicyclic) bond motifs is 3. The van der Waals surface area contributed by atoms with E-state index in [1.165, 1.54) is 6.42 Å². The van der Waals surface area contributed by atoms with Gasteiger partial charge in [-0.3, -0.25) is 4.79 Å². The summed E-state index contributed by atoms with van der Waals surface area (Å²) in [6.07, 6.45) is 5.20. The Kier molecular flexibility index (Phi) is 7.96. The summed E-state index contributed by atoms with van der Waals surface area (Å²) in [7, 11) is 0. The van der Waals surface area contributed by atoms with Crippen molar-refractivity contribution in [2.75, 3.05) is 11.9 Å². The van der Waals surface area contributed by atoms with Crippen LogP contribution in [-0.2, 0) is 9.53 Å². The Morgan fingerprint density at radius 1 is 1.08 bits per heavy atom. The molecular weight excluding hydrogens is 470 g/mol. The second-order valence-electron chi connectivity index (χ2n) is 10.5. The Morgan fingerprint density at radius 3 is 2.62 bits per heavy atom. The van der Waals surface area contributed by atoms with Crippen molar-refractivity contribution in [2.24, 2.45) is 0 Å². The van der Waals surface area contributed by atoms with E-state index in [2.05, 4.69) is 16.0 Å². The van der Waals surface area contributed by atoms with Crippen molar-refractivity contribution in [3.63, 3.8) is 0 Å². The minimum Gasteiger partial charge on any atom is -0.487 e. The summed E-state index contributed by atoms with van der Waals surface area (Å²) in [6.45, 7) is 1.77. The zero-order chi connectivity index (χ0) is 25.8. The number of aliphatic hydroxyl groups excluding tert-OH is 1. The second kappa shape index (κ2) is 11.5. The Morgan fingerprint density at radius 2 is 1.86 bits per heavy atom. The van der Waals surface area contributed by atoms with Crippen LogP contribution in [0.1, 0.15) is 75.0 Å². The highest BCUT2D eigenvalue weighted by atomic mass is 16.6. The molecule has 2 heterocycles. The molecule has 3 amide bonds. The lowest BCUT2D eigenvalue weighted by molar-refractivity contribution is -0.142. The topological polar surface area (TPSA) is 109 Å². The van der Waals surface area contributed by atoms with Gasteiger partial charge in [-0.1, -0.05) is 49.6 Å². The predicted octanol–water partition coefficient (Wildman–Crippen LogP) is 4.40. The van der Waals surface area contributed by atoms with Gasteiger partial charge in [-0.05, 0) is 49.9 Å². The molecule has 198 valence electrons. The molecule has 2 fully saturated rings. The molecule has 0 bridgehead atoms. The summed E-state index contributed by atoms with van der Waals surface area (Å²) in [4.78, 5) is 25.4. The van der Waals surface area contributed by atoms with E-state index in [9.17, 15) is 14.7 Å². The van der Waals surface area contributed by atoms with Crippen LogP contribution in [0.2, 0.25) is 0 Å². The maximum Gasteiger partial charge on any atom is 0.319 e. The van der Waals surface area contributed by atoms with Crippen LogP contribution in [0, 0.1) is 0 Å². The third-order valence-corrected chi connectivity index (χ3v) is 7.79. The van der Waals surface area contributed by atoms with Crippen LogP contribution in [-0.4, -0.2) is 48.0 Å². The summed E-state index contributed by atoms with van der Waals surface area (Å²) in [5, 5.41) is 19.1. The molecule has 4 N–H and O–H groups in total. The van der Waals surface area contributed by atoms with Gasteiger partial charge in [-0.2, -0.15) is 0 Å². The molecule has 5 atom stereocenters. The summed E-state index contributed by atoms with van der Waals surface area (Å²) in [6, 6.07) is 15.4. The molecule has 5 rings (SSSR count). The van der Waals surface area contributed by atoms with E-state index in [-0.39, 0.29) is 55.2 Å². The molecule has 1 saturated carbocycles. The molecule has 0 spiro atoms. The molecule has 2 aromatic carbocycles. The van der Waals surface area contributed by atoms with Crippen LogP contribution < -0.4 is 20.7 Å². The lowest BCUT2D eigenvalue weighted by Gasteiger charge is -2.37. The Bertz CT molecular complexity index is 1090. The fourth-order valence-corrected chi connectivity index (χ4v) is 5.90. The number of hydrogen-bond donors (Lipinski definition) is 4. The first-order valence-electron chi connectivity index (χ1n) is 13.5. The van der Waals surface area contributed by atoms with Gasteiger partial charge in [0.15, 0.2) is 0 Å². The van der Waals surface area contributed by atoms with Crippen LogP contribution in [0.3, 0.4) is 0 Å². The highest BCUT2D eigenvalue weighted by Crippen LogP contribution is 2.47. The quantitative estimate of drug-likeness (QED) is 0.444. The molecule has 0 unspecified atom stereocenters. The Labute approximate surface area is 218 Å². The van der Waals surface area contributed by atoms with Gasteiger partial charge in [-0.25, -0.2) is 4.79 Å². The molecule has 3 aliphatic rings. The lowest BCUT2D eigenvalue weighted by atomic mass is 9.84. The number of carbonyl (C=O) groups excluding carboxylic acids is 2. The van der Waals surface area contributed by atoms with Gasteiger partial charge in [0.25, 0.3) is 0 Å². The smallest absolute Gasteiger partial charge is 0.319 e. The van der Waals surface area contributed by atoms with Gasteiger partial charge in [0.2, 0.25) is 5.91 Å². The number of urea groups is 1. The van der Waals surface area contributed by atoms with Crippen LogP contribution in [0.5, 0.6) is 5.75 Å². The van der Waals surface area contributed by atoms with Crippen molar-refractivity contribution >= 4 is 17.6 Å². The minimum absolute atomic E-state index is 0.0339. The van der Waals surface area contributed by atoms with Gasteiger partial charge >= 0.3 is 6.03 Å². The summed E-state index contributed by atoms with van der Waals surface area (Å²) >= 11 is 0. The second-order valence-corrected chi connectivity index (χ2v) is 10.5. The van der Waals surface area contributed by atoms with Gasteiger partial charge in [0.1, 0.15) is 18.0 Å². The number of hydrogen-bond acceptors (Lipinski definition) is 5. The number of amides is 3. The zero-order valence-corrected chi connectivity index (χ0v) is 21.3. The highest BCUT2D eigenvalue weighted by molar-refractivity contribution is 5.89. The minimum atomic E-state index is -0.526. The van der Waals surface area contributed by atoms with E-state index < -0.39 is 6.10 Å². The van der Waals surface area contributed by atoms with Crippen LogP contribution in [0.15, 0.2) is 48.5 Å². The predicted molar refractivity (Wildman–Crippen MR) is 141 cm³/mol. The molecule has 1 aliphatic carbocycles. The molecule has 1 saturated heterocycles. The third-order valence-electron chi connectivity index (χ3n) is 7.79. The molecule has 2 aliphatic heterocycles. The molecule has 0 radical (unpaired) electrons. The van der Waals surface area contributed by atoms with Crippen LogP contribution in [0.25, 0.3) is 0 Å².